The summed E-state index contributed by atoms with van der Waals surface area (Å²) in [5.74, 6) is 0.810. The van der Waals surface area contributed by atoms with Crippen LogP contribution in [0, 0.1) is 0 Å². The Hall–Kier alpha value is -2.92. The number of aromatic nitrogens is 2. The van der Waals surface area contributed by atoms with Crippen LogP contribution in [0.25, 0.3) is 22.6 Å². The number of piperidine rings is 1. The molecule has 0 saturated carbocycles. The molecule has 1 saturated heterocycles. The molecular weight excluding hydrogens is 488 g/mol. The zero-order chi connectivity index (χ0) is 26.1. The van der Waals surface area contributed by atoms with Gasteiger partial charge in [0.25, 0.3) is 0 Å². The van der Waals surface area contributed by atoms with Crippen LogP contribution < -0.4 is 0 Å². The molecule has 6 rings (SSSR count). The highest BCUT2D eigenvalue weighted by Crippen LogP contribution is 2.32. The van der Waals surface area contributed by atoms with Crippen molar-refractivity contribution in [3.63, 3.8) is 0 Å². The van der Waals surface area contributed by atoms with Crippen molar-refractivity contribution in [2.24, 2.45) is 0 Å². The second kappa shape index (κ2) is 11.1. The van der Waals surface area contributed by atoms with Gasteiger partial charge in [-0.05, 0) is 92.6 Å². The van der Waals surface area contributed by atoms with Gasteiger partial charge in [-0.25, -0.2) is 4.98 Å². The van der Waals surface area contributed by atoms with Gasteiger partial charge in [0.15, 0.2) is 0 Å². The van der Waals surface area contributed by atoms with Crippen molar-refractivity contribution in [3.8, 4) is 22.6 Å². The maximum Gasteiger partial charge on any atom is 0.139 e. The lowest BCUT2D eigenvalue weighted by Gasteiger charge is -2.42. The second-order valence-electron chi connectivity index (χ2n) is 11.1. The number of fused-ring (bicyclic) bond motifs is 1. The van der Waals surface area contributed by atoms with Crippen molar-refractivity contribution in [1.82, 2.24) is 19.8 Å². The molecule has 0 spiro atoms. The molecule has 3 heterocycles. The van der Waals surface area contributed by atoms with Crippen molar-refractivity contribution in [1.29, 1.82) is 0 Å². The van der Waals surface area contributed by atoms with Crippen LogP contribution in [-0.2, 0) is 19.4 Å². The van der Waals surface area contributed by atoms with E-state index in [1.165, 1.54) is 42.6 Å². The summed E-state index contributed by atoms with van der Waals surface area (Å²) in [6, 6.07) is 24.9. The number of imidazole rings is 1. The fourth-order valence-corrected chi connectivity index (χ4v) is 6.47. The van der Waals surface area contributed by atoms with Gasteiger partial charge < -0.3 is 9.88 Å². The zero-order valence-electron chi connectivity index (χ0n) is 22.5. The lowest BCUT2D eigenvalue weighted by Crippen LogP contribution is -2.48. The van der Waals surface area contributed by atoms with Gasteiger partial charge >= 0.3 is 0 Å². The first kappa shape index (κ1) is 25.4. The van der Waals surface area contributed by atoms with E-state index < -0.39 is 0 Å². The fourth-order valence-electron chi connectivity index (χ4n) is 6.26. The summed E-state index contributed by atoms with van der Waals surface area (Å²) in [7, 11) is 0. The van der Waals surface area contributed by atoms with Crippen LogP contribution in [0.4, 0.5) is 0 Å². The van der Waals surface area contributed by atoms with Gasteiger partial charge in [-0.1, -0.05) is 66.2 Å². The Morgan fingerprint density at radius 1 is 0.974 bits per heavy atom. The third kappa shape index (κ3) is 5.31. The molecule has 0 aliphatic carbocycles. The molecule has 0 radical (unpaired) electrons. The van der Waals surface area contributed by atoms with Crippen molar-refractivity contribution >= 4 is 11.6 Å². The van der Waals surface area contributed by atoms with Crippen molar-refractivity contribution < 1.29 is 0 Å². The first-order valence-corrected chi connectivity index (χ1v) is 14.4. The van der Waals surface area contributed by atoms with Crippen LogP contribution >= 0.6 is 11.6 Å². The lowest BCUT2D eigenvalue weighted by atomic mass is 9.89. The first-order chi connectivity index (χ1) is 18.5. The largest absolute Gasteiger partial charge is 0.338 e. The van der Waals surface area contributed by atoms with E-state index in [1.54, 1.807) is 5.56 Å². The molecule has 1 N–H and O–H groups in total. The summed E-state index contributed by atoms with van der Waals surface area (Å²) in [5.41, 5.74) is 8.83. The average Bonchev–Trinajstić information content (AvgIpc) is 3.45. The Kier molecular flexibility index (Phi) is 7.38. The second-order valence-corrected chi connectivity index (χ2v) is 11.5. The van der Waals surface area contributed by atoms with Crippen LogP contribution in [0.1, 0.15) is 48.9 Å². The molecule has 4 nitrogen and oxygen atoms in total. The van der Waals surface area contributed by atoms with E-state index >= 15 is 0 Å². The third-order valence-electron chi connectivity index (χ3n) is 8.48. The van der Waals surface area contributed by atoms with Gasteiger partial charge in [0.1, 0.15) is 5.82 Å². The fraction of sp³-hybridized carbons (Fsp3) is 0.364. The van der Waals surface area contributed by atoms with E-state index in [2.05, 4.69) is 76.1 Å². The Morgan fingerprint density at radius 3 is 2.58 bits per heavy atom. The Morgan fingerprint density at radius 2 is 1.79 bits per heavy atom. The van der Waals surface area contributed by atoms with Crippen molar-refractivity contribution in [2.45, 2.75) is 58.2 Å². The topological polar surface area (TPSA) is 35.2 Å². The van der Waals surface area contributed by atoms with E-state index in [0.717, 1.165) is 59.6 Å². The number of nitrogens with one attached hydrogen (secondary N) is 1. The highest BCUT2D eigenvalue weighted by molar-refractivity contribution is 6.33. The van der Waals surface area contributed by atoms with E-state index in [0.29, 0.717) is 6.04 Å². The third-order valence-corrected chi connectivity index (χ3v) is 8.81. The summed E-state index contributed by atoms with van der Waals surface area (Å²) >= 11 is 6.65. The number of halogens is 1. The zero-order valence-corrected chi connectivity index (χ0v) is 23.2. The maximum atomic E-state index is 6.65. The van der Waals surface area contributed by atoms with E-state index in [4.69, 9.17) is 11.6 Å². The molecular formula is C33H37ClN4. The normalized spacial score (nSPS) is 17.2. The number of nitrogens with zero attached hydrogens (tertiary/aromatic N) is 3. The van der Waals surface area contributed by atoms with Crippen LogP contribution in [0.3, 0.4) is 0 Å². The summed E-state index contributed by atoms with van der Waals surface area (Å²) < 4.78 is 0. The minimum Gasteiger partial charge on any atom is -0.338 e. The number of hydrogen-bond acceptors (Lipinski definition) is 3. The minimum absolute atomic E-state index is 0.660. The molecule has 2 aliphatic heterocycles. The van der Waals surface area contributed by atoms with Crippen LogP contribution in [0.2, 0.25) is 5.02 Å². The van der Waals surface area contributed by atoms with Crippen LogP contribution in [-0.4, -0.2) is 51.5 Å². The SMILES string of the molecule is CC(C)N1CCC(N2CCc3c(Cc4ccc(Cl)c(-c5ncc(-c6ccccc6)[nH]5)c4)cccc3C2)CC1. The van der Waals surface area contributed by atoms with Gasteiger partial charge in [-0.2, -0.15) is 0 Å². The van der Waals surface area contributed by atoms with Crippen molar-refractivity contribution in [2.75, 3.05) is 19.6 Å². The smallest absolute Gasteiger partial charge is 0.139 e. The number of benzene rings is 3. The standard InChI is InChI=1S/C33H37ClN4/c1-23(2)37-16-13-28(14-17-37)38-18-15-29-26(9-6-10-27(29)22-38)19-24-11-12-31(34)30(20-24)33-35-21-32(36-33)25-7-4-3-5-8-25/h3-12,20-21,23,28H,13-19,22H2,1-2H3,(H,35,36). The molecule has 1 aromatic heterocycles. The highest BCUT2D eigenvalue weighted by atomic mass is 35.5. The summed E-state index contributed by atoms with van der Waals surface area (Å²) in [6.45, 7) is 9.34. The quantitative estimate of drug-likeness (QED) is 0.289. The molecule has 1 fully saturated rings. The van der Waals surface area contributed by atoms with E-state index in [1.807, 2.05) is 30.5 Å². The minimum atomic E-state index is 0.660. The molecule has 196 valence electrons. The number of rotatable bonds is 6. The monoisotopic (exact) mass is 524 g/mol. The molecule has 5 heteroatoms. The van der Waals surface area contributed by atoms with E-state index in [-0.39, 0.29) is 0 Å². The summed E-state index contributed by atoms with van der Waals surface area (Å²) in [5, 5.41) is 0.719. The highest BCUT2D eigenvalue weighted by Gasteiger charge is 2.28. The molecule has 3 aromatic carbocycles. The lowest BCUT2D eigenvalue weighted by molar-refractivity contribution is 0.0838. The Bertz CT molecular complexity index is 1390. The molecule has 0 unspecified atom stereocenters. The van der Waals surface area contributed by atoms with Crippen LogP contribution in [0.15, 0.2) is 72.9 Å². The average molecular weight is 525 g/mol. The van der Waals surface area contributed by atoms with E-state index in [9.17, 15) is 0 Å². The molecule has 0 bridgehead atoms. The maximum absolute atomic E-state index is 6.65. The number of likely N-dealkylation sites (tertiary alicyclic amines) is 1. The molecule has 2 aliphatic rings. The predicted octanol–water partition coefficient (Wildman–Crippen LogP) is 7.22. The van der Waals surface area contributed by atoms with Crippen molar-refractivity contribution in [3.05, 3.63) is 100 Å². The van der Waals surface area contributed by atoms with Gasteiger partial charge in [0.2, 0.25) is 0 Å². The number of aromatic amines is 1. The number of H-pyrrole nitrogens is 1. The van der Waals surface area contributed by atoms with Gasteiger partial charge in [-0.3, -0.25) is 4.90 Å². The first-order valence-electron chi connectivity index (χ1n) is 14.0. The summed E-state index contributed by atoms with van der Waals surface area (Å²) in [4.78, 5) is 13.5. The van der Waals surface area contributed by atoms with Gasteiger partial charge in [0, 0.05) is 30.7 Å². The Labute approximate surface area is 231 Å². The molecule has 0 amide bonds. The molecule has 0 atom stereocenters. The number of hydrogen-bond donors (Lipinski definition) is 1. The summed E-state index contributed by atoms with van der Waals surface area (Å²) in [6.07, 6.45) is 6.51. The van der Waals surface area contributed by atoms with Crippen LogP contribution in [0.5, 0.6) is 0 Å². The molecule has 38 heavy (non-hydrogen) atoms. The predicted molar refractivity (Wildman–Crippen MR) is 158 cm³/mol. The molecule has 4 aromatic rings. The van der Waals surface area contributed by atoms with Gasteiger partial charge in [0.05, 0.1) is 16.9 Å². The van der Waals surface area contributed by atoms with Gasteiger partial charge in [-0.15, -0.1) is 0 Å². The Balaban J connectivity index is 1.18.